The first-order chi connectivity index (χ1) is 9.78. The Morgan fingerprint density at radius 1 is 1.10 bits per heavy atom. The minimum Gasteiger partial charge on any atom is -0.326 e. The SMILES string of the molecule is O=C(CC1C2CC3CC1CN(C3)C2)Nc1ccccc1. The molecule has 4 aliphatic rings. The van der Waals surface area contributed by atoms with Gasteiger partial charge in [0.15, 0.2) is 0 Å². The lowest BCUT2D eigenvalue weighted by atomic mass is 9.61. The van der Waals surface area contributed by atoms with E-state index in [2.05, 4.69) is 10.2 Å². The van der Waals surface area contributed by atoms with Crippen molar-refractivity contribution in [3.05, 3.63) is 30.3 Å². The number of carbonyl (C=O) groups excluding carboxylic acids is 1. The number of amides is 1. The van der Waals surface area contributed by atoms with Gasteiger partial charge in [-0.3, -0.25) is 4.79 Å². The topological polar surface area (TPSA) is 32.3 Å². The first kappa shape index (κ1) is 12.4. The van der Waals surface area contributed by atoms with E-state index in [1.807, 2.05) is 30.3 Å². The molecule has 0 spiro atoms. The van der Waals surface area contributed by atoms with E-state index in [-0.39, 0.29) is 5.91 Å². The van der Waals surface area contributed by atoms with Crippen molar-refractivity contribution in [2.24, 2.45) is 23.7 Å². The zero-order chi connectivity index (χ0) is 13.5. The Labute approximate surface area is 120 Å². The zero-order valence-corrected chi connectivity index (χ0v) is 11.8. The highest BCUT2D eigenvalue weighted by Crippen LogP contribution is 2.48. The molecule has 3 heteroatoms. The van der Waals surface area contributed by atoms with Crippen LogP contribution in [0.3, 0.4) is 0 Å². The molecule has 4 bridgehead atoms. The molecule has 0 radical (unpaired) electrons. The summed E-state index contributed by atoms with van der Waals surface area (Å²) in [6.07, 6.45) is 3.43. The van der Waals surface area contributed by atoms with Crippen molar-refractivity contribution in [3.8, 4) is 0 Å². The normalized spacial score (nSPS) is 37.9. The first-order valence-corrected chi connectivity index (χ1v) is 7.85. The molecule has 1 amide bonds. The fourth-order valence-electron chi connectivity index (χ4n) is 4.79. The zero-order valence-electron chi connectivity index (χ0n) is 11.8. The lowest BCUT2D eigenvalue weighted by Crippen LogP contribution is -2.58. The summed E-state index contributed by atoms with van der Waals surface area (Å²) in [5.74, 6) is 3.27. The first-order valence-electron chi connectivity index (χ1n) is 7.85. The number of anilines is 1. The number of hydrogen-bond acceptors (Lipinski definition) is 2. The second-order valence-corrected chi connectivity index (χ2v) is 6.86. The highest BCUT2D eigenvalue weighted by Gasteiger charge is 2.47. The van der Waals surface area contributed by atoms with Crippen LogP contribution in [0.1, 0.15) is 19.3 Å². The number of para-hydroxylation sites is 1. The second kappa shape index (κ2) is 4.88. The smallest absolute Gasteiger partial charge is 0.224 e. The molecule has 5 rings (SSSR count). The molecule has 1 aromatic carbocycles. The number of piperidine rings is 3. The maximum Gasteiger partial charge on any atom is 0.224 e. The third-order valence-electron chi connectivity index (χ3n) is 5.46. The van der Waals surface area contributed by atoms with Crippen molar-refractivity contribution in [2.75, 3.05) is 25.0 Å². The van der Waals surface area contributed by atoms with Gasteiger partial charge in [-0.25, -0.2) is 0 Å². The summed E-state index contributed by atoms with van der Waals surface area (Å²) in [5.41, 5.74) is 0.921. The van der Waals surface area contributed by atoms with E-state index in [0.717, 1.165) is 23.4 Å². The minimum atomic E-state index is 0.198. The predicted octanol–water partition coefficient (Wildman–Crippen LogP) is 2.60. The van der Waals surface area contributed by atoms with Crippen LogP contribution < -0.4 is 5.32 Å². The van der Waals surface area contributed by atoms with Crippen LogP contribution in [0.4, 0.5) is 5.69 Å². The second-order valence-electron chi connectivity index (χ2n) is 6.86. The molecule has 3 heterocycles. The lowest BCUT2D eigenvalue weighted by molar-refractivity contribution is -0.122. The van der Waals surface area contributed by atoms with Crippen LogP contribution in [-0.4, -0.2) is 30.4 Å². The molecule has 1 saturated carbocycles. The van der Waals surface area contributed by atoms with Gasteiger partial charge in [-0.1, -0.05) is 18.2 Å². The highest BCUT2D eigenvalue weighted by atomic mass is 16.1. The van der Waals surface area contributed by atoms with Crippen molar-refractivity contribution in [1.29, 1.82) is 0 Å². The summed E-state index contributed by atoms with van der Waals surface area (Å²) in [4.78, 5) is 14.9. The molecule has 3 nitrogen and oxygen atoms in total. The molecule has 20 heavy (non-hydrogen) atoms. The van der Waals surface area contributed by atoms with Crippen molar-refractivity contribution in [3.63, 3.8) is 0 Å². The Hall–Kier alpha value is -1.35. The van der Waals surface area contributed by atoms with Crippen LogP contribution in [0.2, 0.25) is 0 Å². The Balaban J connectivity index is 1.40. The summed E-state index contributed by atoms with van der Waals surface area (Å²) in [7, 11) is 0. The van der Waals surface area contributed by atoms with Crippen LogP contribution in [0, 0.1) is 23.7 Å². The monoisotopic (exact) mass is 270 g/mol. The number of carbonyl (C=O) groups is 1. The summed E-state index contributed by atoms with van der Waals surface area (Å²) in [6.45, 7) is 3.78. The van der Waals surface area contributed by atoms with E-state index in [4.69, 9.17) is 0 Å². The number of rotatable bonds is 3. The van der Waals surface area contributed by atoms with Crippen LogP contribution in [0.25, 0.3) is 0 Å². The number of hydrogen-bond donors (Lipinski definition) is 1. The molecule has 106 valence electrons. The van der Waals surface area contributed by atoms with Gasteiger partial charge in [0.05, 0.1) is 0 Å². The maximum absolute atomic E-state index is 12.3. The van der Waals surface area contributed by atoms with E-state index >= 15 is 0 Å². The molecular formula is C17H22N2O. The molecule has 0 aromatic heterocycles. The number of benzene rings is 1. The van der Waals surface area contributed by atoms with Crippen LogP contribution in [0.15, 0.2) is 30.3 Å². The summed E-state index contributed by atoms with van der Waals surface area (Å²) in [6, 6.07) is 9.82. The standard InChI is InChI=1S/C17H22N2O/c20-17(18-15-4-2-1-3-5-15)8-16-13-6-12-7-14(16)11-19(9-12)10-13/h1-5,12-14,16H,6-11H2,(H,18,20). The molecule has 1 aromatic rings. The predicted molar refractivity (Wildman–Crippen MR) is 79.3 cm³/mol. The number of nitrogens with zero attached hydrogens (tertiary/aromatic N) is 1. The van der Waals surface area contributed by atoms with Crippen molar-refractivity contribution >= 4 is 11.6 Å². The largest absolute Gasteiger partial charge is 0.326 e. The fourth-order valence-corrected chi connectivity index (χ4v) is 4.79. The Morgan fingerprint density at radius 3 is 2.45 bits per heavy atom. The van der Waals surface area contributed by atoms with Gasteiger partial charge in [-0.2, -0.15) is 0 Å². The van der Waals surface area contributed by atoms with Gasteiger partial charge in [-0.15, -0.1) is 0 Å². The third kappa shape index (κ3) is 2.24. The Bertz CT molecular complexity index is 471. The van der Waals surface area contributed by atoms with E-state index < -0.39 is 0 Å². The van der Waals surface area contributed by atoms with E-state index in [0.29, 0.717) is 12.3 Å². The average molecular weight is 270 g/mol. The van der Waals surface area contributed by atoms with Crippen LogP contribution in [-0.2, 0) is 4.79 Å². The van der Waals surface area contributed by atoms with Crippen molar-refractivity contribution in [1.82, 2.24) is 4.90 Å². The van der Waals surface area contributed by atoms with Gasteiger partial charge in [0, 0.05) is 31.7 Å². The molecule has 3 aliphatic heterocycles. The Kier molecular flexibility index (Phi) is 3.03. The van der Waals surface area contributed by atoms with Gasteiger partial charge < -0.3 is 10.2 Å². The van der Waals surface area contributed by atoms with Crippen LogP contribution in [0.5, 0.6) is 0 Å². The van der Waals surface area contributed by atoms with Gasteiger partial charge in [0.25, 0.3) is 0 Å². The summed E-state index contributed by atoms with van der Waals surface area (Å²) >= 11 is 0. The van der Waals surface area contributed by atoms with Gasteiger partial charge in [0.1, 0.15) is 0 Å². The van der Waals surface area contributed by atoms with E-state index in [9.17, 15) is 4.79 Å². The quantitative estimate of drug-likeness (QED) is 0.915. The number of nitrogens with one attached hydrogen (secondary N) is 1. The molecule has 1 N–H and O–H groups in total. The molecule has 2 unspecified atom stereocenters. The summed E-state index contributed by atoms with van der Waals surface area (Å²) in [5, 5.41) is 3.05. The average Bonchev–Trinajstić information content (AvgIpc) is 2.43. The third-order valence-corrected chi connectivity index (χ3v) is 5.46. The molecule has 3 saturated heterocycles. The molecule has 1 aliphatic carbocycles. The summed E-state index contributed by atoms with van der Waals surface area (Å²) < 4.78 is 0. The Morgan fingerprint density at radius 2 is 1.80 bits per heavy atom. The molecule has 2 atom stereocenters. The van der Waals surface area contributed by atoms with Crippen molar-refractivity contribution < 1.29 is 4.79 Å². The lowest BCUT2D eigenvalue weighted by Gasteiger charge is -2.55. The molecular weight excluding hydrogens is 248 g/mol. The molecule has 4 fully saturated rings. The minimum absolute atomic E-state index is 0.198. The maximum atomic E-state index is 12.3. The van der Waals surface area contributed by atoms with Gasteiger partial charge in [0.2, 0.25) is 5.91 Å². The van der Waals surface area contributed by atoms with Gasteiger partial charge >= 0.3 is 0 Å². The fraction of sp³-hybridized carbons (Fsp3) is 0.588. The van der Waals surface area contributed by atoms with Crippen LogP contribution >= 0.6 is 0 Å². The van der Waals surface area contributed by atoms with E-state index in [1.165, 1.54) is 32.5 Å². The van der Waals surface area contributed by atoms with Crippen molar-refractivity contribution in [2.45, 2.75) is 19.3 Å². The highest BCUT2D eigenvalue weighted by molar-refractivity contribution is 5.90. The van der Waals surface area contributed by atoms with Gasteiger partial charge in [-0.05, 0) is 48.6 Å². The van der Waals surface area contributed by atoms with E-state index in [1.54, 1.807) is 0 Å².